The van der Waals surface area contributed by atoms with Gasteiger partial charge in [0.1, 0.15) is 0 Å². The van der Waals surface area contributed by atoms with Gasteiger partial charge in [0, 0.05) is 17.5 Å². The molecular formula is C13H22ClNOS. The van der Waals surface area contributed by atoms with Gasteiger partial charge in [-0.3, -0.25) is 0 Å². The molecule has 1 N–H and O–H groups in total. The van der Waals surface area contributed by atoms with Crippen molar-refractivity contribution in [2.75, 3.05) is 13.2 Å². The highest BCUT2D eigenvalue weighted by molar-refractivity contribution is 7.10. The molecule has 0 amide bonds. The number of hydrogen-bond donors (Lipinski definition) is 1. The molecule has 0 spiro atoms. The van der Waals surface area contributed by atoms with Gasteiger partial charge >= 0.3 is 0 Å². The number of nitrogens with one attached hydrogen (secondary N) is 1. The Hall–Kier alpha value is -0.0900. The van der Waals surface area contributed by atoms with Crippen molar-refractivity contribution in [1.82, 2.24) is 5.32 Å². The first-order valence-electron chi connectivity index (χ1n) is 6.24. The third-order valence-corrected chi connectivity index (χ3v) is 4.22. The first kappa shape index (κ1) is 15.0. The zero-order chi connectivity index (χ0) is 11.2. The lowest BCUT2D eigenvalue weighted by Gasteiger charge is -2.23. The summed E-state index contributed by atoms with van der Waals surface area (Å²) in [4.78, 5) is 1.33. The molecule has 17 heavy (non-hydrogen) atoms. The van der Waals surface area contributed by atoms with Crippen molar-refractivity contribution >= 4 is 23.7 Å². The Balaban J connectivity index is 0.00000144. The van der Waals surface area contributed by atoms with Crippen LogP contribution in [0.2, 0.25) is 0 Å². The molecule has 98 valence electrons. The summed E-state index contributed by atoms with van der Waals surface area (Å²) >= 11 is 1.78. The van der Waals surface area contributed by atoms with Crippen molar-refractivity contribution in [2.24, 2.45) is 0 Å². The summed E-state index contributed by atoms with van der Waals surface area (Å²) in [6.45, 7) is 4.20. The van der Waals surface area contributed by atoms with Gasteiger partial charge in [-0.05, 0) is 44.2 Å². The maximum Gasteiger partial charge on any atom is 0.0888 e. The van der Waals surface area contributed by atoms with Crippen molar-refractivity contribution in [3.05, 3.63) is 22.4 Å². The number of piperidine rings is 1. The lowest BCUT2D eigenvalue weighted by Crippen LogP contribution is -2.34. The normalized spacial score (nSPS) is 21.8. The summed E-state index contributed by atoms with van der Waals surface area (Å²) in [5.74, 6) is 0. The van der Waals surface area contributed by atoms with E-state index < -0.39 is 0 Å². The first-order chi connectivity index (χ1) is 7.86. The Morgan fingerprint density at radius 3 is 3.06 bits per heavy atom. The van der Waals surface area contributed by atoms with Gasteiger partial charge in [-0.25, -0.2) is 0 Å². The van der Waals surface area contributed by atoms with Crippen LogP contribution in [0.4, 0.5) is 0 Å². The van der Waals surface area contributed by atoms with Gasteiger partial charge < -0.3 is 10.1 Å². The van der Waals surface area contributed by atoms with E-state index in [9.17, 15) is 0 Å². The summed E-state index contributed by atoms with van der Waals surface area (Å²) in [6, 6.07) is 4.92. The molecular weight excluding hydrogens is 254 g/mol. The summed E-state index contributed by atoms with van der Waals surface area (Å²) in [6.07, 6.45) is 5.43. The molecule has 1 fully saturated rings. The van der Waals surface area contributed by atoms with E-state index in [-0.39, 0.29) is 18.5 Å². The molecule has 2 unspecified atom stereocenters. The smallest absolute Gasteiger partial charge is 0.0888 e. The van der Waals surface area contributed by atoms with Crippen LogP contribution in [0.25, 0.3) is 0 Å². The van der Waals surface area contributed by atoms with Crippen LogP contribution in [0.1, 0.15) is 43.6 Å². The largest absolute Gasteiger partial charge is 0.373 e. The molecule has 4 heteroatoms. The third kappa shape index (κ3) is 4.96. The van der Waals surface area contributed by atoms with E-state index in [2.05, 4.69) is 29.8 Å². The Morgan fingerprint density at radius 2 is 2.41 bits per heavy atom. The van der Waals surface area contributed by atoms with Crippen molar-refractivity contribution in [3.8, 4) is 0 Å². The standard InChI is InChI=1S/C13H21NOS.ClH/c1-11(13-6-4-10-16-13)15-9-7-12-5-2-3-8-14-12;/h4,6,10-12,14H,2-3,5,7-9H2,1H3;1H. The predicted molar refractivity (Wildman–Crippen MR) is 76.2 cm³/mol. The lowest BCUT2D eigenvalue weighted by atomic mass is 10.0. The first-order valence-corrected chi connectivity index (χ1v) is 7.12. The minimum atomic E-state index is 0. The summed E-state index contributed by atoms with van der Waals surface area (Å²) in [5, 5.41) is 5.66. The molecule has 1 aromatic heterocycles. The van der Waals surface area contributed by atoms with E-state index >= 15 is 0 Å². The van der Waals surface area contributed by atoms with Crippen molar-refractivity contribution < 1.29 is 4.74 Å². The van der Waals surface area contributed by atoms with Gasteiger partial charge in [-0.15, -0.1) is 23.7 Å². The van der Waals surface area contributed by atoms with Gasteiger partial charge in [0.05, 0.1) is 6.10 Å². The monoisotopic (exact) mass is 275 g/mol. The second-order valence-electron chi connectivity index (χ2n) is 4.46. The molecule has 1 aliphatic rings. The third-order valence-electron chi connectivity index (χ3n) is 3.19. The van der Waals surface area contributed by atoms with Crippen LogP contribution in [0.15, 0.2) is 17.5 Å². The summed E-state index contributed by atoms with van der Waals surface area (Å²) in [5.41, 5.74) is 0. The van der Waals surface area contributed by atoms with Crippen LogP contribution in [0.3, 0.4) is 0 Å². The van der Waals surface area contributed by atoms with Crippen LogP contribution >= 0.6 is 23.7 Å². The van der Waals surface area contributed by atoms with Gasteiger partial charge in [-0.2, -0.15) is 0 Å². The Bertz CT molecular complexity index is 286. The highest BCUT2D eigenvalue weighted by atomic mass is 35.5. The fourth-order valence-electron chi connectivity index (χ4n) is 2.16. The molecule has 1 aromatic rings. The minimum absolute atomic E-state index is 0. The number of thiophene rings is 1. The van der Waals surface area contributed by atoms with E-state index in [0.717, 1.165) is 13.0 Å². The number of halogens is 1. The molecule has 2 nitrogen and oxygen atoms in total. The molecule has 2 rings (SSSR count). The average molecular weight is 276 g/mol. The zero-order valence-electron chi connectivity index (χ0n) is 10.4. The predicted octanol–water partition coefficient (Wildman–Crippen LogP) is 3.78. The number of ether oxygens (including phenoxy) is 1. The van der Waals surface area contributed by atoms with Crippen molar-refractivity contribution in [3.63, 3.8) is 0 Å². The summed E-state index contributed by atoms with van der Waals surface area (Å²) < 4.78 is 5.86. The maximum atomic E-state index is 5.86. The lowest BCUT2D eigenvalue weighted by molar-refractivity contribution is 0.0595. The quantitative estimate of drug-likeness (QED) is 0.883. The topological polar surface area (TPSA) is 21.3 Å². The highest BCUT2D eigenvalue weighted by Crippen LogP contribution is 2.22. The SMILES string of the molecule is CC(OCCC1CCCCN1)c1cccs1.Cl. The van der Waals surface area contributed by atoms with Crippen LogP contribution in [-0.2, 0) is 4.74 Å². The minimum Gasteiger partial charge on any atom is -0.373 e. The van der Waals surface area contributed by atoms with Gasteiger partial charge in [0.15, 0.2) is 0 Å². The molecule has 1 saturated heterocycles. The molecule has 2 atom stereocenters. The number of hydrogen-bond acceptors (Lipinski definition) is 3. The van der Waals surface area contributed by atoms with E-state index in [4.69, 9.17) is 4.74 Å². The fraction of sp³-hybridized carbons (Fsp3) is 0.692. The average Bonchev–Trinajstić information content (AvgIpc) is 2.84. The van der Waals surface area contributed by atoms with Gasteiger partial charge in [-0.1, -0.05) is 12.5 Å². The van der Waals surface area contributed by atoms with Crippen molar-refractivity contribution in [2.45, 2.75) is 44.8 Å². The van der Waals surface area contributed by atoms with Gasteiger partial charge in [0.2, 0.25) is 0 Å². The molecule has 0 radical (unpaired) electrons. The second kappa shape index (κ2) is 8.09. The Labute approximate surface area is 114 Å². The maximum absolute atomic E-state index is 5.86. The van der Waals surface area contributed by atoms with E-state index in [1.165, 1.54) is 30.7 Å². The molecule has 0 aromatic carbocycles. The van der Waals surface area contributed by atoms with E-state index in [1.54, 1.807) is 11.3 Å². The van der Waals surface area contributed by atoms with Crippen LogP contribution < -0.4 is 5.32 Å². The molecule has 0 saturated carbocycles. The number of rotatable bonds is 5. The van der Waals surface area contributed by atoms with Crippen LogP contribution in [-0.4, -0.2) is 19.2 Å². The highest BCUT2D eigenvalue weighted by Gasteiger charge is 2.13. The van der Waals surface area contributed by atoms with Crippen molar-refractivity contribution in [1.29, 1.82) is 0 Å². The Morgan fingerprint density at radius 1 is 1.53 bits per heavy atom. The zero-order valence-corrected chi connectivity index (χ0v) is 12.0. The van der Waals surface area contributed by atoms with Crippen LogP contribution in [0.5, 0.6) is 0 Å². The fourth-order valence-corrected chi connectivity index (χ4v) is 2.89. The summed E-state index contributed by atoms with van der Waals surface area (Å²) in [7, 11) is 0. The van der Waals surface area contributed by atoms with Gasteiger partial charge in [0.25, 0.3) is 0 Å². The van der Waals surface area contributed by atoms with E-state index in [1.807, 2.05) is 0 Å². The van der Waals surface area contributed by atoms with Crippen LogP contribution in [0, 0.1) is 0 Å². The van der Waals surface area contributed by atoms with E-state index in [0.29, 0.717) is 6.04 Å². The second-order valence-corrected chi connectivity index (χ2v) is 5.44. The Kier molecular flexibility index (Phi) is 7.12. The molecule has 0 bridgehead atoms. The molecule has 1 aliphatic heterocycles. The molecule has 2 heterocycles. The molecule has 0 aliphatic carbocycles.